The highest BCUT2D eigenvalue weighted by Crippen LogP contribution is 2.40. The number of carbonyl (C=O) groups excluding carboxylic acids is 1. The van der Waals surface area contributed by atoms with E-state index in [2.05, 4.69) is 26.9 Å². The fourth-order valence-electron chi connectivity index (χ4n) is 2.17. The van der Waals surface area contributed by atoms with Crippen LogP contribution in [-0.2, 0) is 4.79 Å². The average Bonchev–Trinajstić information content (AvgIpc) is 2.04. The van der Waals surface area contributed by atoms with Gasteiger partial charge in [-0.25, -0.2) is 0 Å². The molecule has 1 aliphatic rings. The molecule has 1 saturated carbocycles. The van der Waals surface area contributed by atoms with Gasteiger partial charge in [0.15, 0.2) is 0 Å². The van der Waals surface area contributed by atoms with Crippen LogP contribution >= 0.6 is 0 Å². The Hall–Kier alpha value is -0.113. The average molecular weight is 198 g/mol. The summed E-state index contributed by atoms with van der Waals surface area (Å²) in [5, 5.41) is 0. The highest BCUT2D eigenvalue weighted by atomic mass is 28.3. The van der Waals surface area contributed by atoms with Gasteiger partial charge in [-0.3, -0.25) is 4.79 Å². The van der Waals surface area contributed by atoms with Crippen molar-refractivity contribution in [2.24, 2.45) is 0 Å². The zero-order valence-electron chi connectivity index (χ0n) is 9.39. The predicted octanol–water partition coefficient (Wildman–Crippen LogP) is 3.62. The molecule has 0 radical (unpaired) electrons. The molecule has 1 atom stereocenters. The summed E-state index contributed by atoms with van der Waals surface area (Å²) in [5.74, 6) is 0.566. The molecule has 0 aliphatic heterocycles. The van der Waals surface area contributed by atoms with Crippen molar-refractivity contribution in [2.75, 3.05) is 0 Å². The number of ketones is 1. The van der Waals surface area contributed by atoms with E-state index in [9.17, 15) is 4.79 Å². The van der Waals surface area contributed by atoms with Gasteiger partial charge in [0.1, 0.15) is 5.78 Å². The lowest BCUT2D eigenvalue weighted by molar-refractivity contribution is -0.120. The molecule has 1 aliphatic carbocycles. The molecular weight excluding hydrogens is 176 g/mol. The van der Waals surface area contributed by atoms with Gasteiger partial charge in [0.25, 0.3) is 0 Å². The molecule has 2 heteroatoms. The molecule has 1 unspecified atom stereocenters. The van der Waals surface area contributed by atoms with Crippen LogP contribution in [0.1, 0.15) is 39.5 Å². The quantitative estimate of drug-likeness (QED) is 0.619. The standard InChI is InChI=1S/C11H22OSi/c1-9(2)13(3,4)11-8-6-5-7-10(11)12/h9,11H,5-8H2,1-4H3. The third kappa shape index (κ3) is 2.22. The van der Waals surface area contributed by atoms with Crippen molar-refractivity contribution in [3.05, 3.63) is 0 Å². The van der Waals surface area contributed by atoms with Crippen LogP contribution in [-0.4, -0.2) is 13.9 Å². The lowest BCUT2D eigenvalue weighted by Gasteiger charge is -2.37. The second kappa shape index (κ2) is 3.95. The van der Waals surface area contributed by atoms with Gasteiger partial charge in [0, 0.05) is 12.0 Å². The van der Waals surface area contributed by atoms with E-state index in [1.165, 1.54) is 12.8 Å². The van der Waals surface area contributed by atoms with Crippen LogP contribution in [0.5, 0.6) is 0 Å². The van der Waals surface area contributed by atoms with Gasteiger partial charge in [0.2, 0.25) is 0 Å². The van der Waals surface area contributed by atoms with Crippen molar-refractivity contribution >= 4 is 13.9 Å². The molecule has 1 fully saturated rings. The fourth-order valence-corrected chi connectivity index (χ4v) is 4.90. The van der Waals surface area contributed by atoms with Crippen LogP contribution in [0.2, 0.25) is 24.2 Å². The van der Waals surface area contributed by atoms with E-state index in [1.807, 2.05) is 0 Å². The number of rotatable bonds is 2. The van der Waals surface area contributed by atoms with E-state index in [1.54, 1.807) is 0 Å². The van der Waals surface area contributed by atoms with Gasteiger partial charge in [-0.05, 0) is 12.8 Å². The number of carbonyl (C=O) groups is 1. The van der Waals surface area contributed by atoms with Crippen molar-refractivity contribution in [1.82, 2.24) is 0 Å². The van der Waals surface area contributed by atoms with Crippen molar-refractivity contribution < 1.29 is 4.79 Å². The third-order valence-corrected chi connectivity index (χ3v) is 9.32. The summed E-state index contributed by atoms with van der Waals surface area (Å²) in [6.07, 6.45) is 4.45. The first kappa shape index (κ1) is 11.0. The monoisotopic (exact) mass is 198 g/mol. The number of hydrogen-bond acceptors (Lipinski definition) is 1. The molecule has 0 heterocycles. The predicted molar refractivity (Wildman–Crippen MR) is 59.8 cm³/mol. The molecule has 0 bridgehead atoms. The van der Waals surface area contributed by atoms with Crippen LogP contribution in [0, 0.1) is 0 Å². The lowest BCUT2D eigenvalue weighted by atomic mass is 9.99. The minimum absolute atomic E-state index is 0.459. The Balaban J connectivity index is 2.73. The summed E-state index contributed by atoms with van der Waals surface area (Å²) in [7, 11) is -1.29. The lowest BCUT2D eigenvalue weighted by Crippen LogP contribution is -2.41. The van der Waals surface area contributed by atoms with E-state index >= 15 is 0 Å². The number of Topliss-reactive ketones (excluding diaryl/α,β-unsaturated/α-hetero) is 1. The molecule has 0 saturated heterocycles. The van der Waals surface area contributed by atoms with E-state index in [0.717, 1.165) is 18.4 Å². The summed E-state index contributed by atoms with van der Waals surface area (Å²) < 4.78 is 0. The molecule has 0 aromatic carbocycles. The second-order valence-electron chi connectivity index (χ2n) is 5.24. The highest BCUT2D eigenvalue weighted by molar-refractivity contribution is 6.82. The van der Waals surface area contributed by atoms with E-state index < -0.39 is 8.07 Å². The maximum Gasteiger partial charge on any atom is 0.133 e. The molecule has 76 valence electrons. The van der Waals surface area contributed by atoms with Crippen molar-refractivity contribution in [3.8, 4) is 0 Å². The molecule has 0 aromatic heterocycles. The molecule has 0 aromatic rings. The molecule has 1 nitrogen and oxygen atoms in total. The minimum atomic E-state index is -1.29. The fraction of sp³-hybridized carbons (Fsp3) is 0.909. The molecule has 0 N–H and O–H groups in total. The molecule has 1 rings (SSSR count). The highest BCUT2D eigenvalue weighted by Gasteiger charge is 2.39. The summed E-state index contributed by atoms with van der Waals surface area (Å²) >= 11 is 0. The van der Waals surface area contributed by atoms with Gasteiger partial charge in [-0.15, -0.1) is 0 Å². The van der Waals surface area contributed by atoms with Crippen molar-refractivity contribution in [3.63, 3.8) is 0 Å². The SMILES string of the molecule is CC(C)[Si](C)(C)C1CCCCC1=O. The Morgan fingerprint density at radius 3 is 2.38 bits per heavy atom. The van der Waals surface area contributed by atoms with E-state index in [-0.39, 0.29) is 0 Å². The van der Waals surface area contributed by atoms with Crippen LogP contribution in [0.3, 0.4) is 0 Å². The van der Waals surface area contributed by atoms with Crippen LogP contribution < -0.4 is 0 Å². The van der Waals surface area contributed by atoms with Crippen LogP contribution in [0.4, 0.5) is 0 Å². The number of hydrogen-bond donors (Lipinski definition) is 0. The molecular formula is C11H22OSi. The minimum Gasteiger partial charge on any atom is -0.300 e. The Labute approximate surface area is 82.9 Å². The van der Waals surface area contributed by atoms with Crippen molar-refractivity contribution in [2.45, 2.75) is 63.7 Å². The van der Waals surface area contributed by atoms with Crippen LogP contribution in [0.25, 0.3) is 0 Å². The maximum atomic E-state index is 11.8. The topological polar surface area (TPSA) is 17.1 Å². The Morgan fingerprint density at radius 1 is 1.31 bits per heavy atom. The summed E-state index contributed by atoms with van der Waals surface area (Å²) in [6.45, 7) is 9.33. The first-order chi connectivity index (χ1) is 5.96. The van der Waals surface area contributed by atoms with Crippen LogP contribution in [0.15, 0.2) is 0 Å². The Kier molecular flexibility index (Phi) is 3.33. The second-order valence-corrected chi connectivity index (χ2v) is 10.7. The van der Waals surface area contributed by atoms with Gasteiger partial charge in [-0.2, -0.15) is 0 Å². The molecule has 13 heavy (non-hydrogen) atoms. The van der Waals surface area contributed by atoms with Crippen molar-refractivity contribution in [1.29, 1.82) is 0 Å². The zero-order valence-corrected chi connectivity index (χ0v) is 10.4. The third-order valence-electron chi connectivity index (χ3n) is 3.94. The largest absolute Gasteiger partial charge is 0.300 e. The Bertz CT molecular complexity index is 196. The van der Waals surface area contributed by atoms with E-state index in [0.29, 0.717) is 11.3 Å². The van der Waals surface area contributed by atoms with Gasteiger partial charge in [-0.1, -0.05) is 38.9 Å². The first-order valence-corrected chi connectivity index (χ1v) is 8.64. The molecule has 0 spiro atoms. The zero-order chi connectivity index (χ0) is 10.1. The summed E-state index contributed by atoms with van der Waals surface area (Å²) in [5.41, 5.74) is 1.20. The van der Waals surface area contributed by atoms with E-state index in [4.69, 9.17) is 0 Å². The van der Waals surface area contributed by atoms with Gasteiger partial charge < -0.3 is 0 Å². The molecule has 0 amide bonds. The summed E-state index contributed by atoms with van der Waals surface area (Å²) in [6, 6.07) is 0. The Morgan fingerprint density at radius 2 is 1.92 bits per heavy atom. The maximum absolute atomic E-state index is 11.8. The van der Waals surface area contributed by atoms with Gasteiger partial charge in [0.05, 0.1) is 8.07 Å². The van der Waals surface area contributed by atoms with Gasteiger partial charge >= 0.3 is 0 Å². The first-order valence-electron chi connectivity index (χ1n) is 5.49. The smallest absolute Gasteiger partial charge is 0.133 e. The normalized spacial score (nSPS) is 25.3. The summed E-state index contributed by atoms with van der Waals surface area (Å²) in [4.78, 5) is 11.8.